The molecule has 0 atom stereocenters. The second-order valence-corrected chi connectivity index (χ2v) is 6.49. The Labute approximate surface area is 131 Å². The predicted molar refractivity (Wildman–Crippen MR) is 87.0 cm³/mol. The van der Waals surface area contributed by atoms with E-state index in [4.69, 9.17) is 0 Å². The summed E-state index contributed by atoms with van der Waals surface area (Å²) in [5.74, 6) is 0. The second-order valence-electron chi connectivity index (χ2n) is 4.54. The van der Waals surface area contributed by atoms with Gasteiger partial charge in [-0.15, -0.1) is 11.3 Å². The molecule has 106 valence electrons. The maximum Gasteiger partial charge on any atom is 0.317 e. The van der Waals surface area contributed by atoms with Crippen molar-refractivity contribution < 1.29 is 4.79 Å². The van der Waals surface area contributed by atoms with Crippen molar-refractivity contribution in [1.82, 2.24) is 10.2 Å². The van der Waals surface area contributed by atoms with Gasteiger partial charge in [-0.3, -0.25) is 0 Å². The molecule has 2 amide bonds. The Morgan fingerprint density at radius 1 is 1.30 bits per heavy atom. The van der Waals surface area contributed by atoms with Gasteiger partial charge in [0.25, 0.3) is 0 Å². The Morgan fingerprint density at radius 2 is 2.05 bits per heavy atom. The molecule has 0 aliphatic rings. The summed E-state index contributed by atoms with van der Waals surface area (Å²) < 4.78 is 1.05. The van der Waals surface area contributed by atoms with Crippen LogP contribution in [0.15, 0.2) is 46.3 Å². The molecule has 5 heteroatoms. The van der Waals surface area contributed by atoms with Crippen LogP contribution in [0.5, 0.6) is 0 Å². The van der Waals surface area contributed by atoms with E-state index in [0.29, 0.717) is 13.1 Å². The molecule has 0 aliphatic carbocycles. The van der Waals surface area contributed by atoms with Gasteiger partial charge in [-0.05, 0) is 35.6 Å². The molecule has 0 saturated heterocycles. The molecule has 3 nitrogen and oxygen atoms in total. The first-order chi connectivity index (χ1) is 9.65. The van der Waals surface area contributed by atoms with E-state index in [1.54, 1.807) is 16.2 Å². The van der Waals surface area contributed by atoms with Gasteiger partial charge < -0.3 is 10.2 Å². The third-order valence-corrected chi connectivity index (χ3v) is 4.37. The average Bonchev–Trinajstić information content (AvgIpc) is 2.94. The molecule has 0 radical (unpaired) electrons. The highest BCUT2D eigenvalue weighted by atomic mass is 79.9. The lowest BCUT2D eigenvalue weighted by atomic mass is 10.2. The number of carbonyl (C=O) groups is 1. The second kappa shape index (κ2) is 7.45. The first kappa shape index (κ1) is 15.1. The summed E-state index contributed by atoms with van der Waals surface area (Å²) in [4.78, 5) is 14.9. The number of hydrogen-bond acceptors (Lipinski definition) is 2. The largest absolute Gasteiger partial charge is 0.338 e. The van der Waals surface area contributed by atoms with Gasteiger partial charge in [-0.25, -0.2) is 4.79 Å². The summed E-state index contributed by atoms with van der Waals surface area (Å²) in [6.45, 7) is 1.28. The smallest absolute Gasteiger partial charge is 0.317 e. The van der Waals surface area contributed by atoms with Crippen molar-refractivity contribution >= 4 is 33.3 Å². The Morgan fingerprint density at radius 3 is 2.70 bits per heavy atom. The number of urea groups is 1. The molecule has 0 fully saturated rings. The number of nitrogens with one attached hydrogen (secondary N) is 1. The number of halogens is 1. The van der Waals surface area contributed by atoms with Crippen LogP contribution >= 0.6 is 27.3 Å². The zero-order valence-electron chi connectivity index (χ0n) is 11.3. The van der Waals surface area contributed by atoms with Crippen LogP contribution < -0.4 is 5.32 Å². The molecule has 2 aromatic rings. The Kier molecular flexibility index (Phi) is 5.61. The van der Waals surface area contributed by atoms with Crippen LogP contribution in [0.25, 0.3) is 0 Å². The van der Waals surface area contributed by atoms with Crippen LogP contribution in [0, 0.1) is 0 Å². The van der Waals surface area contributed by atoms with Crippen LogP contribution in [0.3, 0.4) is 0 Å². The van der Waals surface area contributed by atoms with Crippen LogP contribution in [-0.4, -0.2) is 24.5 Å². The van der Waals surface area contributed by atoms with Gasteiger partial charge in [0.15, 0.2) is 0 Å². The molecule has 0 spiro atoms. The molecule has 0 saturated carbocycles. The van der Waals surface area contributed by atoms with Crippen molar-refractivity contribution in [3.05, 3.63) is 56.7 Å². The number of amides is 2. The first-order valence-corrected chi connectivity index (χ1v) is 8.08. The van der Waals surface area contributed by atoms with Crippen molar-refractivity contribution in [3.63, 3.8) is 0 Å². The van der Waals surface area contributed by atoms with E-state index in [1.807, 2.05) is 37.4 Å². The number of rotatable bonds is 5. The van der Waals surface area contributed by atoms with E-state index in [-0.39, 0.29) is 6.03 Å². The maximum absolute atomic E-state index is 12.0. The molecule has 0 bridgehead atoms. The standard InChI is InChI=1S/C15H17BrN2OS/c1-18(11-12-4-6-13(16)7-5-12)15(19)17-9-8-14-3-2-10-20-14/h2-7,10H,8-9,11H2,1H3,(H,17,19). The third-order valence-electron chi connectivity index (χ3n) is 2.91. The molecule has 1 aromatic heterocycles. The SMILES string of the molecule is CN(Cc1ccc(Br)cc1)C(=O)NCCc1cccs1. The van der Waals surface area contributed by atoms with Gasteiger partial charge >= 0.3 is 6.03 Å². The van der Waals surface area contributed by atoms with E-state index >= 15 is 0 Å². The molecular formula is C15H17BrN2OS. The van der Waals surface area contributed by atoms with Crippen LogP contribution in [0.4, 0.5) is 4.79 Å². The minimum Gasteiger partial charge on any atom is -0.338 e. The number of carbonyl (C=O) groups excluding carboxylic acids is 1. The quantitative estimate of drug-likeness (QED) is 0.869. The number of hydrogen-bond donors (Lipinski definition) is 1. The summed E-state index contributed by atoms with van der Waals surface area (Å²) >= 11 is 5.12. The topological polar surface area (TPSA) is 32.3 Å². The molecule has 1 heterocycles. The molecule has 0 aliphatic heterocycles. The first-order valence-electron chi connectivity index (χ1n) is 6.41. The van der Waals surface area contributed by atoms with Gasteiger partial charge in [0.05, 0.1) is 0 Å². The van der Waals surface area contributed by atoms with Crippen molar-refractivity contribution in [2.45, 2.75) is 13.0 Å². The fourth-order valence-corrected chi connectivity index (χ4v) is 2.79. The van der Waals surface area contributed by atoms with Crippen molar-refractivity contribution in [2.75, 3.05) is 13.6 Å². The highest BCUT2D eigenvalue weighted by Crippen LogP contribution is 2.12. The lowest BCUT2D eigenvalue weighted by Gasteiger charge is -2.18. The van der Waals surface area contributed by atoms with Gasteiger partial charge in [0.2, 0.25) is 0 Å². The highest BCUT2D eigenvalue weighted by molar-refractivity contribution is 9.10. The number of thiophene rings is 1. The molecule has 1 aromatic carbocycles. The number of benzene rings is 1. The Balaban J connectivity index is 1.75. The normalized spacial score (nSPS) is 10.3. The molecule has 1 N–H and O–H groups in total. The summed E-state index contributed by atoms with van der Waals surface area (Å²) in [7, 11) is 1.81. The molecule has 2 rings (SSSR count). The van der Waals surface area contributed by atoms with Gasteiger partial charge in [-0.1, -0.05) is 34.1 Å². The summed E-state index contributed by atoms with van der Waals surface area (Å²) in [5, 5.41) is 4.99. The fraction of sp³-hybridized carbons (Fsp3) is 0.267. The third kappa shape index (κ3) is 4.65. The zero-order valence-corrected chi connectivity index (χ0v) is 13.7. The number of nitrogens with zero attached hydrogens (tertiary/aromatic N) is 1. The van der Waals surface area contributed by atoms with Gasteiger partial charge in [0, 0.05) is 29.5 Å². The molecular weight excluding hydrogens is 336 g/mol. The van der Waals surface area contributed by atoms with Gasteiger partial charge in [-0.2, -0.15) is 0 Å². The maximum atomic E-state index is 12.0. The van der Waals surface area contributed by atoms with Crippen LogP contribution in [-0.2, 0) is 13.0 Å². The predicted octanol–water partition coefficient (Wildman–Crippen LogP) is 3.89. The van der Waals surface area contributed by atoms with E-state index in [9.17, 15) is 4.79 Å². The monoisotopic (exact) mass is 352 g/mol. The van der Waals surface area contributed by atoms with E-state index in [2.05, 4.69) is 32.7 Å². The lowest BCUT2D eigenvalue weighted by Crippen LogP contribution is -2.37. The van der Waals surface area contributed by atoms with Crippen LogP contribution in [0.1, 0.15) is 10.4 Å². The van der Waals surface area contributed by atoms with E-state index in [1.165, 1.54) is 4.88 Å². The van der Waals surface area contributed by atoms with Crippen molar-refractivity contribution in [2.24, 2.45) is 0 Å². The lowest BCUT2D eigenvalue weighted by molar-refractivity contribution is 0.207. The van der Waals surface area contributed by atoms with Crippen LogP contribution in [0.2, 0.25) is 0 Å². The molecule has 0 unspecified atom stereocenters. The summed E-state index contributed by atoms with van der Waals surface area (Å²) in [5.41, 5.74) is 1.11. The summed E-state index contributed by atoms with van der Waals surface area (Å²) in [6, 6.07) is 12.1. The van der Waals surface area contributed by atoms with Gasteiger partial charge in [0.1, 0.15) is 0 Å². The van der Waals surface area contributed by atoms with Crippen molar-refractivity contribution in [1.29, 1.82) is 0 Å². The van der Waals surface area contributed by atoms with Crippen molar-refractivity contribution in [3.8, 4) is 0 Å². The molecule has 20 heavy (non-hydrogen) atoms. The minimum atomic E-state index is -0.0375. The Bertz CT molecular complexity index is 540. The minimum absolute atomic E-state index is 0.0375. The fourth-order valence-electron chi connectivity index (χ4n) is 1.82. The summed E-state index contributed by atoms with van der Waals surface area (Å²) in [6.07, 6.45) is 0.884. The average molecular weight is 353 g/mol. The van der Waals surface area contributed by atoms with E-state index < -0.39 is 0 Å². The van der Waals surface area contributed by atoms with E-state index in [0.717, 1.165) is 16.5 Å². The Hall–Kier alpha value is -1.33. The highest BCUT2D eigenvalue weighted by Gasteiger charge is 2.08. The zero-order chi connectivity index (χ0) is 14.4.